The topological polar surface area (TPSA) is 61.5 Å². The number of nitrogens with one attached hydrogen (secondary N) is 1. The van der Waals surface area contributed by atoms with E-state index in [1.54, 1.807) is 12.1 Å². The van der Waals surface area contributed by atoms with Crippen LogP contribution in [0.15, 0.2) is 18.2 Å². The van der Waals surface area contributed by atoms with Gasteiger partial charge in [0.2, 0.25) is 0 Å². The highest BCUT2D eigenvalue weighted by Gasteiger charge is 2.03. The van der Waals surface area contributed by atoms with Crippen molar-refractivity contribution in [2.75, 3.05) is 24.3 Å². The summed E-state index contributed by atoms with van der Waals surface area (Å²) < 4.78 is 0. The van der Waals surface area contributed by atoms with E-state index in [0.29, 0.717) is 5.69 Å². The van der Waals surface area contributed by atoms with E-state index in [4.69, 9.17) is 5.73 Å². The molecular weight excluding hydrogens is 198 g/mol. The number of anilines is 2. The van der Waals surface area contributed by atoms with E-state index in [-0.39, 0.29) is 10.9 Å². The van der Waals surface area contributed by atoms with Gasteiger partial charge in [-0.1, -0.05) is 0 Å². The van der Waals surface area contributed by atoms with Crippen molar-refractivity contribution in [3.63, 3.8) is 0 Å². The third kappa shape index (κ3) is 2.50. The molecule has 0 amide bonds. The Morgan fingerprint density at radius 3 is 2.57 bits per heavy atom. The van der Waals surface area contributed by atoms with Gasteiger partial charge in [-0.3, -0.25) is 0 Å². The second kappa shape index (κ2) is 4.15. The van der Waals surface area contributed by atoms with E-state index in [1.807, 2.05) is 25.1 Å². The van der Waals surface area contributed by atoms with Gasteiger partial charge < -0.3 is 21.1 Å². The van der Waals surface area contributed by atoms with Gasteiger partial charge in [-0.2, -0.15) is 0 Å². The van der Waals surface area contributed by atoms with Crippen molar-refractivity contribution in [2.24, 2.45) is 5.73 Å². The number of nitrogens with two attached hydrogens (primary N) is 1. The molecule has 4 N–H and O–H groups in total. The summed E-state index contributed by atoms with van der Waals surface area (Å²) in [6.07, 6.45) is 0. The SMILES string of the molecule is CN(C)c1ccc(NC(N)=S)c(O)c1. The molecule has 14 heavy (non-hydrogen) atoms. The largest absolute Gasteiger partial charge is 0.506 e. The minimum absolute atomic E-state index is 0.129. The Labute approximate surface area is 88.3 Å². The first-order valence-corrected chi connectivity index (χ1v) is 4.48. The van der Waals surface area contributed by atoms with Gasteiger partial charge in [0, 0.05) is 25.8 Å². The molecule has 1 aromatic carbocycles. The molecule has 0 saturated heterocycles. The number of thiocarbonyl (C=S) groups is 1. The quantitative estimate of drug-likeness (QED) is 0.505. The van der Waals surface area contributed by atoms with Crippen LogP contribution in [0.5, 0.6) is 5.75 Å². The first-order chi connectivity index (χ1) is 6.50. The lowest BCUT2D eigenvalue weighted by atomic mass is 10.2. The fourth-order valence-electron chi connectivity index (χ4n) is 1.04. The van der Waals surface area contributed by atoms with Crippen LogP contribution in [0.1, 0.15) is 0 Å². The fraction of sp³-hybridized carbons (Fsp3) is 0.222. The van der Waals surface area contributed by atoms with Crippen LogP contribution in [0.4, 0.5) is 11.4 Å². The van der Waals surface area contributed by atoms with Gasteiger partial charge in [0.15, 0.2) is 5.11 Å². The van der Waals surface area contributed by atoms with E-state index in [1.165, 1.54) is 0 Å². The van der Waals surface area contributed by atoms with Crippen molar-refractivity contribution in [2.45, 2.75) is 0 Å². The lowest BCUT2D eigenvalue weighted by Gasteiger charge is -2.14. The molecule has 0 unspecified atom stereocenters. The summed E-state index contributed by atoms with van der Waals surface area (Å²) in [6.45, 7) is 0. The Hall–Kier alpha value is -1.49. The van der Waals surface area contributed by atoms with Crippen LogP contribution in [0.3, 0.4) is 0 Å². The number of hydrogen-bond donors (Lipinski definition) is 3. The molecule has 0 bridgehead atoms. The Morgan fingerprint density at radius 2 is 2.14 bits per heavy atom. The van der Waals surface area contributed by atoms with Gasteiger partial charge >= 0.3 is 0 Å². The zero-order valence-electron chi connectivity index (χ0n) is 8.11. The molecular formula is C9H13N3OS. The summed E-state index contributed by atoms with van der Waals surface area (Å²) in [5, 5.41) is 12.4. The molecule has 76 valence electrons. The van der Waals surface area contributed by atoms with E-state index in [0.717, 1.165) is 5.69 Å². The third-order valence-corrected chi connectivity index (χ3v) is 1.86. The molecule has 0 heterocycles. The number of rotatable bonds is 2. The second-order valence-electron chi connectivity index (χ2n) is 3.09. The summed E-state index contributed by atoms with van der Waals surface area (Å²) in [7, 11) is 3.80. The summed E-state index contributed by atoms with van der Waals surface area (Å²) in [6, 6.07) is 5.23. The van der Waals surface area contributed by atoms with Gasteiger partial charge in [-0.15, -0.1) is 0 Å². The molecule has 4 nitrogen and oxygen atoms in total. The van der Waals surface area contributed by atoms with Gasteiger partial charge in [-0.25, -0.2) is 0 Å². The predicted octanol–water partition coefficient (Wildman–Crippen LogP) is 1.11. The minimum Gasteiger partial charge on any atom is -0.506 e. The molecule has 0 aliphatic carbocycles. The van der Waals surface area contributed by atoms with Crippen LogP contribution in [-0.2, 0) is 0 Å². The van der Waals surface area contributed by atoms with Crippen LogP contribution in [0.25, 0.3) is 0 Å². The number of aromatic hydroxyl groups is 1. The number of benzene rings is 1. The first kappa shape index (κ1) is 10.6. The van der Waals surface area contributed by atoms with Crippen molar-refractivity contribution >= 4 is 28.7 Å². The smallest absolute Gasteiger partial charge is 0.168 e. The van der Waals surface area contributed by atoms with E-state index < -0.39 is 0 Å². The lowest BCUT2D eigenvalue weighted by Crippen LogP contribution is -2.19. The molecule has 1 rings (SSSR count). The highest BCUT2D eigenvalue weighted by Crippen LogP contribution is 2.27. The average Bonchev–Trinajstić information content (AvgIpc) is 2.07. The Bertz CT molecular complexity index is 352. The molecule has 0 aliphatic rings. The maximum absolute atomic E-state index is 9.58. The summed E-state index contributed by atoms with van der Waals surface area (Å²) in [5.74, 6) is 0.129. The van der Waals surface area contributed by atoms with Crippen molar-refractivity contribution in [1.82, 2.24) is 0 Å². The van der Waals surface area contributed by atoms with Crippen molar-refractivity contribution in [1.29, 1.82) is 0 Å². The van der Waals surface area contributed by atoms with Crippen LogP contribution in [0.2, 0.25) is 0 Å². The molecule has 1 aromatic rings. The Kier molecular flexibility index (Phi) is 3.14. The Balaban J connectivity index is 2.95. The number of phenols is 1. The monoisotopic (exact) mass is 211 g/mol. The maximum atomic E-state index is 9.58. The normalized spacial score (nSPS) is 9.57. The molecule has 0 spiro atoms. The molecule has 0 saturated carbocycles. The molecule has 0 aliphatic heterocycles. The van der Waals surface area contributed by atoms with Gasteiger partial charge in [-0.05, 0) is 24.4 Å². The lowest BCUT2D eigenvalue weighted by molar-refractivity contribution is 0.478. The minimum atomic E-state index is 0.129. The van der Waals surface area contributed by atoms with Gasteiger partial charge in [0.25, 0.3) is 0 Å². The van der Waals surface area contributed by atoms with E-state index in [9.17, 15) is 5.11 Å². The van der Waals surface area contributed by atoms with Crippen molar-refractivity contribution < 1.29 is 5.11 Å². The third-order valence-electron chi connectivity index (χ3n) is 1.76. The molecule has 0 fully saturated rings. The van der Waals surface area contributed by atoms with E-state index >= 15 is 0 Å². The average molecular weight is 211 g/mol. The second-order valence-corrected chi connectivity index (χ2v) is 3.52. The Morgan fingerprint density at radius 1 is 1.50 bits per heavy atom. The molecule has 0 radical (unpaired) electrons. The summed E-state index contributed by atoms with van der Waals surface area (Å²) in [5.41, 5.74) is 6.72. The van der Waals surface area contributed by atoms with Crippen LogP contribution >= 0.6 is 12.2 Å². The summed E-state index contributed by atoms with van der Waals surface area (Å²) >= 11 is 4.67. The van der Waals surface area contributed by atoms with E-state index in [2.05, 4.69) is 17.5 Å². The highest BCUT2D eigenvalue weighted by molar-refractivity contribution is 7.80. The number of hydrogen-bond acceptors (Lipinski definition) is 3. The zero-order chi connectivity index (χ0) is 10.7. The zero-order valence-corrected chi connectivity index (χ0v) is 8.93. The standard InChI is InChI=1S/C9H13N3OS/c1-12(2)6-3-4-7(8(13)5-6)11-9(10)14/h3-5,13H,1-2H3,(H3,10,11,14). The van der Waals surface area contributed by atoms with Gasteiger partial charge in [0.05, 0.1) is 5.69 Å². The van der Waals surface area contributed by atoms with Crippen LogP contribution in [0, 0.1) is 0 Å². The fourth-order valence-corrected chi connectivity index (χ4v) is 1.15. The molecule has 0 aromatic heterocycles. The van der Waals surface area contributed by atoms with Crippen LogP contribution in [-0.4, -0.2) is 24.3 Å². The number of phenolic OH excluding ortho intramolecular Hbond substituents is 1. The first-order valence-electron chi connectivity index (χ1n) is 4.07. The maximum Gasteiger partial charge on any atom is 0.168 e. The highest BCUT2D eigenvalue weighted by atomic mass is 32.1. The predicted molar refractivity (Wildman–Crippen MR) is 62.8 cm³/mol. The summed E-state index contributed by atoms with van der Waals surface area (Å²) in [4.78, 5) is 1.89. The molecule has 5 heteroatoms. The van der Waals surface area contributed by atoms with Crippen LogP contribution < -0.4 is 16.0 Å². The number of nitrogens with zero attached hydrogens (tertiary/aromatic N) is 1. The van der Waals surface area contributed by atoms with Crippen molar-refractivity contribution in [3.05, 3.63) is 18.2 Å². The molecule has 0 atom stereocenters. The van der Waals surface area contributed by atoms with Gasteiger partial charge in [0.1, 0.15) is 5.75 Å². The van der Waals surface area contributed by atoms with Crippen molar-refractivity contribution in [3.8, 4) is 5.75 Å².